The average Bonchev–Trinajstić information content (AvgIpc) is 2.30. The molecular weight excluding hydrogens is 196 g/mol. The van der Waals surface area contributed by atoms with E-state index in [0.717, 1.165) is 6.42 Å². The first-order valence-electron chi connectivity index (χ1n) is 6.21. The van der Waals surface area contributed by atoms with E-state index in [1.54, 1.807) is 0 Å². The van der Waals surface area contributed by atoms with Crippen LogP contribution in [0.3, 0.4) is 0 Å². The van der Waals surface area contributed by atoms with Gasteiger partial charge in [-0.2, -0.15) is 0 Å². The van der Waals surface area contributed by atoms with Gasteiger partial charge in [-0.05, 0) is 24.5 Å². The second-order valence-electron chi connectivity index (χ2n) is 4.50. The molecule has 0 fully saturated rings. The number of hydrogen-bond acceptors (Lipinski definition) is 2. The van der Waals surface area contributed by atoms with Gasteiger partial charge in [-0.1, -0.05) is 44.0 Å². The van der Waals surface area contributed by atoms with E-state index < -0.39 is 0 Å². The predicted octanol–water partition coefficient (Wildman–Crippen LogP) is 2.55. The largest absolute Gasteiger partial charge is 0.330 e. The third-order valence-corrected chi connectivity index (χ3v) is 3.25. The zero-order valence-corrected chi connectivity index (χ0v) is 10.4. The molecule has 0 saturated heterocycles. The van der Waals surface area contributed by atoms with Gasteiger partial charge in [0, 0.05) is 18.5 Å². The third-order valence-electron chi connectivity index (χ3n) is 3.25. The van der Waals surface area contributed by atoms with Crippen LogP contribution in [0, 0.1) is 6.92 Å². The fourth-order valence-electron chi connectivity index (χ4n) is 2.18. The van der Waals surface area contributed by atoms with Gasteiger partial charge in [-0.3, -0.25) is 0 Å². The normalized spacial score (nSPS) is 14.8. The van der Waals surface area contributed by atoms with Crippen molar-refractivity contribution in [3.63, 3.8) is 0 Å². The van der Waals surface area contributed by atoms with Gasteiger partial charge >= 0.3 is 0 Å². The summed E-state index contributed by atoms with van der Waals surface area (Å²) in [5.74, 6) is 0.299. The van der Waals surface area contributed by atoms with E-state index in [9.17, 15) is 0 Å². The standard InChI is InChI=1S/C14H24N2/c1-3-4-9-14(16)13(10-15)12-8-6-5-7-11(12)2/h5-8,13-14H,3-4,9-10,15-16H2,1-2H3. The number of nitrogens with two attached hydrogens (primary N) is 2. The first-order valence-corrected chi connectivity index (χ1v) is 6.21. The first-order chi connectivity index (χ1) is 7.70. The lowest BCUT2D eigenvalue weighted by Gasteiger charge is -2.24. The zero-order chi connectivity index (χ0) is 12.0. The second kappa shape index (κ2) is 6.66. The van der Waals surface area contributed by atoms with Crippen LogP contribution in [0.4, 0.5) is 0 Å². The first kappa shape index (κ1) is 13.2. The summed E-state index contributed by atoms with van der Waals surface area (Å²) in [6, 6.07) is 8.59. The fourth-order valence-corrected chi connectivity index (χ4v) is 2.18. The Hall–Kier alpha value is -0.860. The third kappa shape index (κ3) is 3.32. The summed E-state index contributed by atoms with van der Waals surface area (Å²) in [6.45, 7) is 4.96. The summed E-state index contributed by atoms with van der Waals surface area (Å²) in [7, 11) is 0. The van der Waals surface area contributed by atoms with Gasteiger partial charge < -0.3 is 11.5 Å². The molecule has 4 N–H and O–H groups in total. The van der Waals surface area contributed by atoms with Gasteiger partial charge in [0.25, 0.3) is 0 Å². The summed E-state index contributed by atoms with van der Waals surface area (Å²) >= 11 is 0. The summed E-state index contributed by atoms with van der Waals surface area (Å²) < 4.78 is 0. The Morgan fingerprint density at radius 3 is 2.50 bits per heavy atom. The fraction of sp³-hybridized carbons (Fsp3) is 0.571. The SMILES string of the molecule is CCCCC(N)C(CN)c1ccccc1C. The summed E-state index contributed by atoms with van der Waals surface area (Å²) in [5.41, 5.74) is 14.7. The minimum atomic E-state index is 0.186. The molecule has 2 unspecified atom stereocenters. The van der Waals surface area contributed by atoms with Crippen LogP contribution in [-0.2, 0) is 0 Å². The van der Waals surface area contributed by atoms with Gasteiger partial charge in [0.15, 0.2) is 0 Å². The highest BCUT2D eigenvalue weighted by Gasteiger charge is 2.19. The minimum Gasteiger partial charge on any atom is -0.330 e. The summed E-state index contributed by atoms with van der Waals surface area (Å²) in [6.07, 6.45) is 3.44. The highest BCUT2D eigenvalue weighted by molar-refractivity contribution is 5.30. The van der Waals surface area contributed by atoms with Crippen LogP contribution in [0.2, 0.25) is 0 Å². The van der Waals surface area contributed by atoms with Crippen LogP contribution in [-0.4, -0.2) is 12.6 Å². The quantitative estimate of drug-likeness (QED) is 0.774. The highest BCUT2D eigenvalue weighted by Crippen LogP contribution is 2.23. The molecule has 1 rings (SSSR count). The summed E-state index contributed by atoms with van der Waals surface area (Å²) in [5, 5.41) is 0. The molecule has 1 aromatic carbocycles. The highest BCUT2D eigenvalue weighted by atomic mass is 14.7. The monoisotopic (exact) mass is 220 g/mol. The zero-order valence-electron chi connectivity index (χ0n) is 10.4. The molecule has 2 atom stereocenters. The van der Waals surface area contributed by atoms with Crippen molar-refractivity contribution in [3.05, 3.63) is 35.4 Å². The van der Waals surface area contributed by atoms with E-state index >= 15 is 0 Å². The Balaban J connectivity index is 2.77. The van der Waals surface area contributed by atoms with Crippen molar-refractivity contribution in [1.82, 2.24) is 0 Å². The molecule has 0 aliphatic rings. The Morgan fingerprint density at radius 1 is 1.25 bits per heavy atom. The van der Waals surface area contributed by atoms with E-state index in [4.69, 9.17) is 11.5 Å². The van der Waals surface area contributed by atoms with E-state index in [0.29, 0.717) is 12.5 Å². The minimum absolute atomic E-state index is 0.186. The van der Waals surface area contributed by atoms with Crippen LogP contribution in [0.25, 0.3) is 0 Å². The van der Waals surface area contributed by atoms with Gasteiger partial charge in [0.1, 0.15) is 0 Å². The van der Waals surface area contributed by atoms with Crippen molar-refractivity contribution in [2.24, 2.45) is 11.5 Å². The van der Waals surface area contributed by atoms with Crippen molar-refractivity contribution in [3.8, 4) is 0 Å². The molecule has 2 heteroatoms. The molecule has 2 nitrogen and oxygen atoms in total. The van der Waals surface area contributed by atoms with Gasteiger partial charge in [0.2, 0.25) is 0 Å². The van der Waals surface area contributed by atoms with Crippen LogP contribution >= 0.6 is 0 Å². The molecule has 0 aromatic heterocycles. The molecule has 16 heavy (non-hydrogen) atoms. The van der Waals surface area contributed by atoms with E-state index in [2.05, 4.69) is 38.1 Å². The Labute approximate surface area is 99.0 Å². The van der Waals surface area contributed by atoms with Gasteiger partial charge in [-0.25, -0.2) is 0 Å². The molecule has 0 spiro atoms. The maximum absolute atomic E-state index is 6.24. The number of unbranched alkanes of at least 4 members (excludes halogenated alkanes) is 1. The lowest BCUT2D eigenvalue weighted by molar-refractivity contribution is 0.486. The molecule has 0 amide bonds. The maximum Gasteiger partial charge on any atom is 0.0120 e. The molecule has 0 radical (unpaired) electrons. The topological polar surface area (TPSA) is 52.0 Å². The van der Waals surface area contributed by atoms with E-state index in [-0.39, 0.29) is 6.04 Å². The Morgan fingerprint density at radius 2 is 1.94 bits per heavy atom. The Bertz CT molecular complexity index is 309. The number of hydrogen-bond donors (Lipinski definition) is 2. The molecule has 0 saturated carbocycles. The van der Waals surface area contributed by atoms with E-state index in [1.807, 2.05) is 0 Å². The molecule has 0 aliphatic heterocycles. The lowest BCUT2D eigenvalue weighted by atomic mass is 9.86. The van der Waals surface area contributed by atoms with Crippen molar-refractivity contribution >= 4 is 0 Å². The molecule has 90 valence electrons. The van der Waals surface area contributed by atoms with Crippen molar-refractivity contribution in [2.45, 2.75) is 45.1 Å². The van der Waals surface area contributed by atoms with Gasteiger partial charge in [0.05, 0.1) is 0 Å². The predicted molar refractivity (Wildman–Crippen MR) is 70.5 cm³/mol. The van der Waals surface area contributed by atoms with Crippen LogP contribution < -0.4 is 11.5 Å². The second-order valence-corrected chi connectivity index (χ2v) is 4.50. The van der Waals surface area contributed by atoms with E-state index in [1.165, 1.54) is 24.0 Å². The summed E-state index contributed by atoms with van der Waals surface area (Å²) in [4.78, 5) is 0. The average molecular weight is 220 g/mol. The smallest absolute Gasteiger partial charge is 0.0120 e. The number of aryl methyl sites for hydroxylation is 1. The van der Waals surface area contributed by atoms with Crippen LogP contribution in [0.5, 0.6) is 0 Å². The molecular formula is C14H24N2. The Kier molecular flexibility index (Phi) is 5.50. The van der Waals surface area contributed by atoms with Crippen molar-refractivity contribution < 1.29 is 0 Å². The number of rotatable bonds is 6. The molecule has 1 aromatic rings. The van der Waals surface area contributed by atoms with Crippen molar-refractivity contribution in [2.75, 3.05) is 6.54 Å². The van der Waals surface area contributed by atoms with Crippen molar-refractivity contribution in [1.29, 1.82) is 0 Å². The molecule has 0 bridgehead atoms. The van der Waals surface area contributed by atoms with Crippen LogP contribution in [0.15, 0.2) is 24.3 Å². The number of benzene rings is 1. The van der Waals surface area contributed by atoms with Gasteiger partial charge in [-0.15, -0.1) is 0 Å². The van der Waals surface area contributed by atoms with Crippen LogP contribution in [0.1, 0.15) is 43.2 Å². The lowest BCUT2D eigenvalue weighted by Crippen LogP contribution is -2.33. The maximum atomic E-state index is 6.24. The molecule has 0 aliphatic carbocycles. The molecule has 0 heterocycles.